The molecule has 0 aliphatic heterocycles. The Morgan fingerprint density at radius 3 is 2.50 bits per heavy atom. The van der Waals surface area contributed by atoms with Crippen molar-refractivity contribution in [2.24, 2.45) is 0 Å². The van der Waals surface area contributed by atoms with Gasteiger partial charge in [-0.3, -0.25) is 4.21 Å². The van der Waals surface area contributed by atoms with Gasteiger partial charge in [-0.25, -0.2) is 0 Å². The Balaban J connectivity index is 2.36. The first-order valence-electron chi connectivity index (χ1n) is 3.73. The summed E-state index contributed by atoms with van der Waals surface area (Å²) in [6.45, 7) is 0. The predicted octanol–water partition coefficient (Wildman–Crippen LogP) is 1.44. The van der Waals surface area contributed by atoms with Crippen LogP contribution >= 0.6 is 11.3 Å². The molecule has 1 aromatic carbocycles. The van der Waals surface area contributed by atoms with Gasteiger partial charge in [-0.05, 0) is 23.2 Å². The maximum atomic E-state index is 10.6. The van der Waals surface area contributed by atoms with Crippen LogP contribution in [0.4, 0.5) is 0 Å². The summed E-state index contributed by atoms with van der Waals surface area (Å²) in [6, 6.07) is 6.51. The Morgan fingerprint density at radius 2 is 2.00 bits per heavy atom. The molecule has 1 aromatic heterocycles. The van der Waals surface area contributed by atoms with Gasteiger partial charge in [0.05, 0.1) is 0 Å². The first-order valence-corrected chi connectivity index (χ1v) is 5.69. The van der Waals surface area contributed by atoms with Crippen molar-refractivity contribution in [2.75, 3.05) is 0 Å². The van der Waals surface area contributed by atoms with Crippen LogP contribution in [0.5, 0.6) is 0 Å². The van der Waals surface area contributed by atoms with Gasteiger partial charge in [0.1, 0.15) is 10.5 Å². The molecule has 1 unspecified atom stereocenters. The second-order valence-corrected chi connectivity index (χ2v) is 4.28. The SMILES string of the molecule is O=S([O-])c1ccc(-c2nncs2)cc1. The van der Waals surface area contributed by atoms with Crippen LogP contribution in [0, 0.1) is 0 Å². The standard InChI is InChI=1S/C8H6N2O2S2/c11-14(12)7-3-1-6(2-4-7)8-10-9-5-13-8/h1-5H,(H,11,12)/p-1. The van der Waals surface area contributed by atoms with Crippen LogP contribution in [-0.2, 0) is 11.1 Å². The average molecular weight is 225 g/mol. The van der Waals surface area contributed by atoms with E-state index in [1.165, 1.54) is 11.3 Å². The number of hydrogen-bond acceptors (Lipinski definition) is 5. The lowest BCUT2D eigenvalue weighted by atomic mass is 10.2. The van der Waals surface area contributed by atoms with E-state index >= 15 is 0 Å². The molecule has 14 heavy (non-hydrogen) atoms. The third-order valence-electron chi connectivity index (χ3n) is 1.65. The molecular weight excluding hydrogens is 220 g/mol. The summed E-state index contributed by atoms with van der Waals surface area (Å²) in [6.07, 6.45) is 0. The van der Waals surface area contributed by atoms with E-state index in [4.69, 9.17) is 0 Å². The maximum absolute atomic E-state index is 10.6. The molecule has 0 amide bonds. The van der Waals surface area contributed by atoms with E-state index in [9.17, 15) is 8.76 Å². The van der Waals surface area contributed by atoms with Gasteiger partial charge in [0.25, 0.3) is 0 Å². The molecule has 0 spiro atoms. The van der Waals surface area contributed by atoms with Gasteiger partial charge in [0, 0.05) is 10.5 Å². The zero-order valence-electron chi connectivity index (χ0n) is 6.91. The zero-order valence-corrected chi connectivity index (χ0v) is 8.55. The van der Waals surface area contributed by atoms with Crippen molar-refractivity contribution >= 4 is 22.4 Å². The van der Waals surface area contributed by atoms with Crippen LogP contribution in [0.1, 0.15) is 0 Å². The highest BCUT2D eigenvalue weighted by Crippen LogP contribution is 2.21. The van der Waals surface area contributed by atoms with Crippen molar-refractivity contribution in [3.05, 3.63) is 29.8 Å². The van der Waals surface area contributed by atoms with Gasteiger partial charge < -0.3 is 4.55 Å². The minimum Gasteiger partial charge on any atom is -0.768 e. The molecule has 4 nitrogen and oxygen atoms in total. The van der Waals surface area contributed by atoms with Gasteiger partial charge in [-0.2, -0.15) is 0 Å². The zero-order chi connectivity index (χ0) is 9.97. The average Bonchev–Trinajstić information content (AvgIpc) is 2.71. The van der Waals surface area contributed by atoms with Crippen LogP contribution in [0.3, 0.4) is 0 Å². The third-order valence-corrected chi connectivity index (χ3v) is 3.05. The van der Waals surface area contributed by atoms with Crippen LogP contribution in [0.2, 0.25) is 0 Å². The number of benzene rings is 1. The second kappa shape index (κ2) is 3.95. The second-order valence-electron chi connectivity index (χ2n) is 2.50. The Morgan fingerprint density at radius 1 is 1.29 bits per heavy atom. The fourth-order valence-electron chi connectivity index (χ4n) is 1.01. The molecule has 0 saturated carbocycles. The molecule has 0 saturated heterocycles. The number of rotatable bonds is 2. The topological polar surface area (TPSA) is 65.9 Å². The number of hydrogen-bond donors (Lipinski definition) is 0. The van der Waals surface area contributed by atoms with Crippen molar-refractivity contribution < 1.29 is 8.76 Å². The molecule has 0 radical (unpaired) electrons. The predicted molar refractivity (Wildman–Crippen MR) is 52.5 cm³/mol. The monoisotopic (exact) mass is 225 g/mol. The summed E-state index contributed by atoms with van der Waals surface area (Å²) >= 11 is -0.753. The quantitative estimate of drug-likeness (QED) is 0.725. The molecule has 72 valence electrons. The summed E-state index contributed by atoms with van der Waals surface area (Å²) in [5.41, 5.74) is 2.51. The first kappa shape index (κ1) is 9.45. The van der Waals surface area contributed by atoms with Crippen molar-refractivity contribution in [1.29, 1.82) is 0 Å². The highest BCUT2D eigenvalue weighted by molar-refractivity contribution is 7.79. The highest BCUT2D eigenvalue weighted by atomic mass is 32.2. The lowest BCUT2D eigenvalue weighted by Crippen LogP contribution is -1.87. The highest BCUT2D eigenvalue weighted by Gasteiger charge is 2.00. The summed E-state index contributed by atoms with van der Waals surface area (Å²) < 4.78 is 21.1. The number of aromatic nitrogens is 2. The van der Waals surface area contributed by atoms with Crippen molar-refractivity contribution in [3.63, 3.8) is 0 Å². The third kappa shape index (κ3) is 1.87. The smallest absolute Gasteiger partial charge is 0.147 e. The van der Waals surface area contributed by atoms with Gasteiger partial charge in [-0.1, -0.05) is 23.5 Å². The molecule has 0 aliphatic carbocycles. The Kier molecular flexibility index (Phi) is 2.67. The van der Waals surface area contributed by atoms with Crippen molar-refractivity contribution in [2.45, 2.75) is 4.90 Å². The van der Waals surface area contributed by atoms with Gasteiger partial charge >= 0.3 is 0 Å². The summed E-state index contributed by atoms with van der Waals surface area (Å²) in [5.74, 6) is 0. The summed E-state index contributed by atoms with van der Waals surface area (Å²) in [5, 5.41) is 8.36. The molecule has 0 N–H and O–H groups in total. The van der Waals surface area contributed by atoms with E-state index in [0.717, 1.165) is 10.6 Å². The largest absolute Gasteiger partial charge is 0.768 e. The molecular formula is C8H5N2O2S2-. The van der Waals surface area contributed by atoms with E-state index in [-0.39, 0.29) is 4.90 Å². The normalized spacial score (nSPS) is 12.6. The van der Waals surface area contributed by atoms with Gasteiger partial charge in [-0.15, -0.1) is 10.2 Å². The minimum absolute atomic E-state index is 0.276. The molecule has 6 heteroatoms. The lowest BCUT2D eigenvalue weighted by molar-refractivity contribution is 0.537. The van der Waals surface area contributed by atoms with E-state index in [1.54, 1.807) is 29.8 Å². The fourth-order valence-corrected chi connectivity index (χ4v) is 1.93. The van der Waals surface area contributed by atoms with Crippen molar-refractivity contribution in [1.82, 2.24) is 10.2 Å². The van der Waals surface area contributed by atoms with Gasteiger partial charge in [0.15, 0.2) is 0 Å². The molecule has 2 aromatic rings. The fraction of sp³-hybridized carbons (Fsp3) is 0. The Hall–Kier alpha value is -1.11. The molecule has 0 bridgehead atoms. The first-order chi connectivity index (χ1) is 6.77. The van der Waals surface area contributed by atoms with E-state index in [1.807, 2.05) is 0 Å². The van der Waals surface area contributed by atoms with Crippen LogP contribution in [0.25, 0.3) is 10.6 Å². The van der Waals surface area contributed by atoms with Gasteiger partial charge in [0.2, 0.25) is 0 Å². The summed E-state index contributed by atoms with van der Waals surface area (Å²) in [7, 11) is 0. The van der Waals surface area contributed by atoms with Crippen LogP contribution < -0.4 is 0 Å². The van der Waals surface area contributed by atoms with Crippen LogP contribution in [-0.4, -0.2) is 19.0 Å². The number of nitrogens with zero attached hydrogens (tertiary/aromatic N) is 2. The Labute approximate surface area is 86.9 Å². The molecule has 0 aliphatic rings. The van der Waals surface area contributed by atoms with Crippen molar-refractivity contribution in [3.8, 4) is 10.6 Å². The molecule has 1 atom stereocenters. The molecule has 1 heterocycles. The summed E-state index contributed by atoms with van der Waals surface area (Å²) in [4.78, 5) is 0.276. The van der Waals surface area contributed by atoms with E-state index < -0.39 is 11.1 Å². The van der Waals surface area contributed by atoms with E-state index in [0.29, 0.717) is 0 Å². The minimum atomic E-state index is -2.17. The Bertz CT molecular complexity index is 439. The van der Waals surface area contributed by atoms with Crippen LogP contribution in [0.15, 0.2) is 34.7 Å². The lowest BCUT2D eigenvalue weighted by Gasteiger charge is -2.04. The molecule has 0 fully saturated rings. The maximum Gasteiger partial charge on any atom is 0.147 e. The molecule has 2 rings (SSSR count). The van der Waals surface area contributed by atoms with E-state index in [2.05, 4.69) is 10.2 Å².